The molecule has 6 nitrogen and oxygen atoms in total. The maximum Gasteiger partial charge on any atom is 0.337 e. The van der Waals surface area contributed by atoms with Crippen LogP contribution in [0.5, 0.6) is 0 Å². The van der Waals surface area contributed by atoms with Crippen molar-refractivity contribution in [3.63, 3.8) is 0 Å². The second-order valence-electron chi connectivity index (χ2n) is 4.76. The van der Waals surface area contributed by atoms with Crippen molar-refractivity contribution in [2.24, 2.45) is 0 Å². The van der Waals surface area contributed by atoms with E-state index in [1.807, 2.05) is 0 Å². The molecule has 0 aliphatic heterocycles. The maximum atomic E-state index is 11.8. The van der Waals surface area contributed by atoms with Crippen LogP contribution in [-0.2, 0) is 4.79 Å². The van der Waals surface area contributed by atoms with E-state index in [2.05, 4.69) is 10.6 Å². The molecule has 1 aliphatic rings. The number of nitrogen functional groups attached to an aromatic ring is 1. The zero-order chi connectivity index (χ0) is 14.0. The fraction of sp³-hybridized carbons (Fsp3) is 0.385. The summed E-state index contributed by atoms with van der Waals surface area (Å²) in [7, 11) is 0. The predicted molar refractivity (Wildman–Crippen MR) is 72.1 cm³/mol. The lowest BCUT2D eigenvalue weighted by Crippen LogP contribution is -2.39. The second-order valence-corrected chi connectivity index (χ2v) is 4.76. The van der Waals surface area contributed by atoms with Crippen molar-refractivity contribution in [1.82, 2.24) is 5.32 Å². The number of carboxylic acids is 1. The first-order valence-corrected chi connectivity index (χ1v) is 6.17. The lowest BCUT2D eigenvalue weighted by atomic mass is 10.1. The zero-order valence-electron chi connectivity index (χ0n) is 10.6. The number of aromatic carboxylic acids is 1. The molecule has 0 aromatic heterocycles. The van der Waals surface area contributed by atoms with Gasteiger partial charge in [0.1, 0.15) is 6.04 Å². The van der Waals surface area contributed by atoms with E-state index >= 15 is 0 Å². The molecule has 5 N–H and O–H groups in total. The van der Waals surface area contributed by atoms with Crippen LogP contribution in [0.15, 0.2) is 18.2 Å². The molecule has 0 spiro atoms. The fourth-order valence-electron chi connectivity index (χ4n) is 1.72. The monoisotopic (exact) mass is 263 g/mol. The number of amides is 1. The standard InChI is InChI=1S/C13H17N3O3/c1-7(12(17)16-9-3-4-9)15-11-6-8(14)2-5-10(11)13(18)19/h2,5-7,9,15H,3-4,14H2,1H3,(H,16,17)(H,18,19). The highest BCUT2D eigenvalue weighted by molar-refractivity contribution is 5.96. The third-order valence-corrected chi connectivity index (χ3v) is 2.96. The third kappa shape index (κ3) is 3.37. The number of carbonyl (C=O) groups excluding carboxylic acids is 1. The van der Waals surface area contributed by atoms with Crippen LogP contribution in [-0.4, -0.2) is 29.1 Å². The number of carboxylic acid groups (broad SMARTS) is 1. The average Bonchev–Trinajstić information content (AvgIpc) is 3.12. The minimum absolute atomic E-state index is 0.0975. The molecule has 1 unspecified atom stereocenters. The van der Waals surface area contributed by atoms with Gasteiger partial charge in [0, 0.05) is 11.7 Å². The largest absolute Gasteiger partial charge is 0.478 e. The first kappa shape index (κ1) is 13.2. The van der Waals surface area contributed by atoms with E-state index in [4.69, 9.17) is 10.8 Å². The van der Waals surface area contributed by atoms with Crippen molar-refractivity contribution in [1.29, 1.82) is 0 Å². The van der Waals surface area contributed by atoms with E-state index in [1.165, 1.54) is 18.2 Å². The Hall–Kier alpha value is -2.24. The summed E-state index contributed by atoms with van der Waals surface area (Å²) < 4.78 is 0. The number of benzene rings is 1. The molecule has 102 valence electrons. The molecule has 1 fully saturated rings. The van der Waals surface area contributed by atoms with Gasteiger partial charge >= 0.3 is 5.97 Å². The highest BCUT2D eigenvalue weighted by atomic mass is 16.4. The number of nitrogens with two attached hydrogens (primary N) is 1. The molecule has 1 aromatic rings. The highest BCUT2D eigenvalue weighted by Gasteiger charge is 2.26. The van der Waals surface area contributed by atoms with E-state index in [-0.39, 0.29) is 17.5 Å². The number of nitrogens with one attached hydrogen (secondary N) is 2. The van der Waals surface area contributed by atoms with E-state index in [0.717, 1.165) is 12.8 Å². The van der Waals surface area contributed by atoms with Crippen molar-refractivity contribution in [2.45, 2.75) is 31.8 Å². The number of hydrogen-bond donors (Lipinski definition) is 4. The summed E-state index contributed by atoms with van der Waals surface area (Å²) in [5, 5.41) is 14.8. The van der Waals surface area contributed by atoms with Gasteiger partial charge in [-0.1, -0.05) is 0 Å². The van der Waals surface area contributed by atoms with E-state index in [0.29, 0.717) is 11.4 Å². The first-order valence-electron chi connectivity index (χ1n) is 6.17. The van der Waals surface area contributed by atoms with E-state index < -0.39 is 12.0 Å². The zero-order valence-corrected chi connectivity index (χ0v) is 10.6. The third-order valence-electron chi connectivity index (χ3n) is 2.96. The number of hydrogen-bond acceptors (Lipinski definition) is 4. The Balaban J connectivity index is 2.10. The molecule has 0 radical (unpaired) electrons. The topological polar surface area (TPSA) is 104 Å². The minimum Gasteiger partial charge on any atom is -0.478 e. The summed E-state index contributed by atoms with van der Waals surface area (Å²) in [5.41, 5.74) is 6.53. The van der Waals surface area contributed by atoms with Gasteiger partial charge in [-0.05, 0) is 38.0 Å². The van der Waals surface area contributed by atoms with Crippen molar-refractivity contribution < 1.29 is 14.7 Å². The van der Waals surface area contributed by atoms with Crippen LogP contribution < -0.4 is 16.4 Å². The summed E-state index contributed by atoms with van der Waals surface area (Å²) in [6, 6.07) is 4.22. The summed E-state index contributed by atoms with van der Waals surface area (Å²) in [4.78, 5) is 22.9. The summed E-state index contributed by atoms with van der Waals surface area (Å²) >= 11 is 0. The summed E-state index contributed by atoms with van der Waals surface area (Å²) in [5.74, 6) is -1.20. The van der Waals surface area contributed by atoms with Gasteiger partial charge in [-0.3, -0.25) is 4.79 Å². The first-order chi connectivity index (χ1) is 8.97. The predicted octanol–water partition coefficient (Wildman–Crippen LogP) is 1.05. The normalized spacial score (nSPS) is 15.6. The van der Waals surface area contributed by atoms with E-state index in [1.54, 1.807) is 6.92 Å². The minimum atomic E-state index is -1.06. The van der Waals surface area contributed by atoms with Crippen LogP contribution in [0.25, 0.3) is 0 Å². The SMILES string of the molecule is CC(Nc1cc(N)ccc1C(=O)O)C(=O)NC1CC1. The Morgan fingerprint density at radius 2 is 2.11 bits per heavy atom. The average molecular weight is 263 g/mol. The summed E-state index contributed by atoms with van der Waals surface area (Å²) in [6.07, 6.45) is 2.02. The molecule has 1 saturated carbocycles. The van der Waals surface area contributed by atoms with Crippen LogP contribution in [0.2, 0.25) is 0 Å². The van der Waals surface area contributed by atoms with Crippen molar-refractivity contribution in [2.75, 3.05) is 11.1 Å². The number of rotatable bonds is 5. The molecule has 2 rings (SSSR count). The van der Waals surface area contributed by atoms with E-state index in [9.17, 15) is 9.59 Å². The molecule has 1 aliphatic carbocycles. The molecule has 0 saturated heterocycles. The Bertz CT molecular complexity index is 512. The van der Waals surface area contributed by atoms with Crippen LogP contribution in [0, 0.1) is 0 Å². The van der Waals surface area contributed by atoms with Gasteiger partial charge in [0.25, 0.3) is 0 Å². The number of carbonyl (C=O) groups is 2. The van der Waals surface area contributed by atoms with Gasteiger partial charge in [-0.25, -0.2) is 4.79 Å². The molecule has 19 heavy (non-hydrogen) atoms. The van der Waals surface area contributed by atoms with Gasteiger partial charge < -0.3 is 21.5 Å². The lowest BCUT2D eigenvalue weighted by Gasteiger charge is -2.17. The Morgan fingerprint density at radius 3 is 2.68 bits per heavy atom. The Morgan fingerprint density at radius 1 is 1.42 bits per heavy atom. The molecule has 0 bridgehead atoms. The Labute approximate surface area is 111 Å². The molecule has 1 aromatic carbocycles. The Kier molecular flexibility index (Phi) is 3.59. The number of anilines is 2. The fourth-order valence-corrected chi connectivity index (χ4v) is 1.72. The second kappa shape index (κ2) is 5.17. The van der Waals surface area contributed by atoms with Crippen LogP contribution in [0.4, 0.5) is 11.4 Å². The molecule has 1 atom stereocenters. The lowest BCUT2D eigenvalue weighted by molar-refractivity contribution is -0.121. The van der Waals surface area contributed by atoms with Crippen molar-refractivity contribution in [3.05, 3.63) is 23.8 Å². The maximum absolute atomic E-state index is 11.8. The van der Waals surface area contributed by atoms with Crippen molar-refractivity contribution >= 4 is 23.3 Å². The quantitative estimate of drug-likeness (QED) is 0.594. The summed E-state index contributed by atoms with van der Waals surface area (Å²) in [6.45, 7) is 1.69. The highest BCUT2D eigenvalue weighted by Crippen LogP contribution is 2.21. The van der Waals surface area contributed by atoms with Gasteiger partial charge in [-0.2, -0.15) is 0 Å². The van der Waals surface area contributed by atoms with Gasteiger partial charge in [0.15, 0.2) is 0 Å². The molecule has 6 heteroatoms. The van der Waals surface area contributed by atoms with Crippen LogP contribution in [0.1, 0.15) is 30.1 Å². The van der Waals surface area contributed by atoms with Crippen LogP contribution >= 0.6 is 0 Å². The smallest absolute Gasteiger partial charge is 0.337 e. The molecular weight excluding hydrogens is 246 g/mol. The van der Waals surface area contributed by atoms with Gasteiger partial charge in [0.2, 0.25) is 5.91 Å². The van der Waals surface area contributed by atoms with Crippen molar-refractivity contribution in [3.8, 4) is 0 Å². The molecular formula is C13H17N3O3. The van der Waals surface area contributed by atoms with Gasteiger partial charge in [-0.15, -0.1) is 0 Å². The molecule has 1 amide bonds. The van der Waals surface area contributed by atoms with Gasteiger partial charge in [0.05, 0.1) is 11.3 Å². The molecule has 0 heterocycles. The van der Waals surface area contributed by atoms with Crippen LogP contribution in [0.3, 0.4) is 0 Å².